The van der Waals surface area contributed by atoms with E-state index in [9.17, 15) is 13.2 Å². The third kappa shape index (κ3) is 3.24. The minimum Gasteiger partial charge on any atom is -0.370 e. The molecule has 0 atom stereocenters. The van der Waals surface area contributed by atoms with Crippen LogP contribution in [0.4, 0.5) is 19.0 Å². The number of pyridine rings is 1. The van der Waals surface area contributed by atoms with E-state index in [2.05, 4.69) is 15.4 Å². The molecular weight excluding hydrogens is 257 g/mol. The van der Waals surface area contributed by atoms with E-state index in [1.54, 1.807) is 18.3 Å². The first-order chi connectivity index (χ1) is 9.00. The molecule has 0 amide bonds. The molecule has 4 nitrogen and oxygen atoms in total. The molecule has 0 radical (unpaired) electrons. The second-order valence-electron chi connectivity index (χ2n) is 3.94. The number of hydrogen-bond donors (Lipinski definition) is 1. The highest BCUT2D eigenvalue weighted by atomic mass is 19.4. The van der Waals surface area contributed by atoms with Crippen molar-refractivity contribution in [3.8, 4) is 0 Å². The van der Waals surface area contributed by atoms with Crippen molar-refractivity contribution >= 4 is 5.82 Å². The van der Waals surface area contributed by atoms with Crippen molar-refractivity contribution in [1.29, 1.82) is 0 Å². The van der Waals surface area contributed by atoms with Gasteiger partial charge in [-0.15, -0.1) is 0 Å². The molecule has 0 saturated heterocycles. The topological polar surface area (TPSA) is 42.7 Å². The van der Waals surface area contributed by atoms with Crippen molar-refractivity contribution in [2.45, 2.75) is 19.6 Å². The summed E-state index contributed by atoms with van der Waals surface area (Å²) in [5.41, 5.74) is -0.0948. The second kappa shape index (κ2) is 5.29. The highest BCUT2D eigenvalue weighted by Crippen LogP contribution is 2.27. The maximum atomic E-state index is 12.4. The summed E-state index contributed by atoms with van der Waals surface area (Å²) in [5, 5.41) is 6.57. The average Bonchev–Trinajstić information content (AvgIpc) is 2.80. The van der Waals surface area contributed by atoms with E-state index in [0.717, 1.165) is 11.6 Å². The van der Waals surface area contributed by atoms with Gasteiger partial charge in [0, 0.05) is 24.5 Å². The zero-order chi connectivity index (χ0) is 13.9. The molecule has 2 aromatic heterocycles. The Hall–Kier alpha value is -2.05. The van der Waals surface area contributed by atoms with E-state index < -0.39 is 11.9 Å². The van der Waals surface area contributed by atoms with Crippen molar-refractivity contribution in [3.05, 3.63) is 41.9 Å². The number of aromatic nitrogens is 3. The number of rotatable bonds is 4. The van der Waals surface area contributed by atoms with E-state index in [1.165, 1.54) is 10.9 Å². The molecule has 0 bridgehead atoms. The molecule has 0 saturated carbocycles. The monoisotopic (exact) mass is 270 g/mol. The van der Waals surface area contributed by atoms with Gasteiger partial charge >= 0.3 is 6.18 Å². The van der Waals surface area contributed by atoms with Gasteiger partial charge in [-0.05, 0) is 19.1 Å². The Morgan fingerprint density at radius 1 is 1.32 bits per heavy atom. The largest absolute Gasteiger partial charge is 0.435 e. The summed E-state index contributed by atoms with van der Waals surface area (Å²) in [5.74, 6) is 0.661. The van der Waals surface area contributed by atoms with Crippen molar-refractivity contribution in [2.75, 3.05) is 11.9 Å². The van der Waals surface area contributed by atoms with E-state index >= 15 is 0 Å². The number of alkyl halides is 3. The molecule has 0 aliphatic carbocycles. The molecule has 0 fully saturated rings. The van der Waals surface area contributed by atoms with Crippen molar-refractivity contribution in [3.63, 3.8) is 0 Å². The van der Waals surface area contributed by atoms with Gasteiger partial charge in [-0.2, -0.15) is 18.3 Å². The fraction of sp³-hybridized carbons (Fsp3) is 0.333. The predicted molar refractivity (Wildman–Crippen MR) is 64.7 cm³/mol. The van der Waals surface area contributed by atoms with Gasteiger partial charge in [0.2, 0.25) is 0 Å². The summed E-state index contributed by atoms with van der Waals surface area (Å²) in [4.78, 5) is 4.15. The van der Waals surface area contributed by atoms with Crippen molar-refractivity contribution in [1.82, 2.24) is 14.8 Å². The Bertz CT molecular complexity index is 548. The van der Waals surface area contributed by atoms with Crippen LogP contribution in [0.1, 0.15) is 18.2 Å². The lowest BCUT2D eigenvalue weighted by Gasteiger charge is -2.09. The molecule has 7 heteroatoms. The van der Waals surface area contributed by atoms with Gasteiger partial charge in [0.1, 0.15) is 5.82 Å². The minimum absolute atomic E-state index is 0.242. The Morgan fingerprint density at radius 2 is 2.11 bits per heavy atom. The summed E-state index contributed by atoms with van der Waals surface area (Å²) in [6, 6.07) is 4.51. The van der Waals surface area contributed by atoms with Gasteiger partial charge in [-0.25, -0.2) is 4.98 Å². The first-order valence-corrected chi connectivity index (χ1v) is 5.79. The minimum atomic E-state index is -4.41. The Kier molecular flexibility index (Phi) is 3.73. The molecule has 102 valence electrons. The normalized spacial score (nSPS) is 11.6. The van der Waals surface area contributed by atoms with Crippen LogP contribution in [0, 0.1) is 0 Å². The molecule has 0 spiro atoms. The highest BCUT2D eigenvalue weighted by Gasteiger charge is 2.33. The van der Waals surface area contributed by atoms with Gasteiger partial charge in [0.25, 0.3) is 0 Å². The summed E-state index contributed by atoms with van der Waals surface area (Å²) < 4.78 is 38.6. The van der Waals surface area contributed by atoms with Crippen LogP contribution in [0.25, 0.3) is 0 Å². The summed E-state index contributed by atoms with van der Waals surface area (Å²) in [6.07, 6.45) is -1.47. The second-order valence-corrected chi connectivity index (χ2v) is 3.94. The van der Waals surface area contributed by atoms with Gasteiger partial charge in [0.15, 0.2) is 5.69 Å². The molecule has 2 rings (SSSR count). The van der Waals surface area contributed by atoms with Gasteiger partial charge in [0.05, 0.1) is 6.54 Å². The number of nitrogens with one attached hydrogen (secondary N) is 1. The van der Waals surface area contributed by atoms with E-state index in [4.69, 9.17) is 0 Å². The average molecular weight is 270 g/mol. The van der Waals surface area contributed by atoms with Gasteiger partial charge < -0.3 is 5.32 Å². The first kappa shape index (κ1) is 13.4. The van der Waals surface area contributed by atoms with Crippen LogP contribution in [0.5, 0.6) is 0 Å². The third-order valence-electron chi connectivity index (χ3n) is 2.50. The number of hydrogen-bond acceptors (Lipinski definition) is 3. The molecular formula is C12H13F3N4. The Balaban J connectivity index is 2.19. The number of nitrogens with zero attached hydrogens (tertiary/aromatic N) is 3. The predicted octanol–water partition coefficient (Wildman–Crippen LogP) is 2.78. The maximum Gasteiger partial charge on any atom is 0.435 e. The summed E-state index contributed by atoms with van der Waals surface area (Å²) >= 11 is 0. The SMILES string of the molecule is CCNc1ncccc1Cn1ccc(C(F)(F)F)n1. The molecule has 0 aliphatic rings. The van der Waals surface area contributed by atoms with Gasteiger partial charge in [-0.1, -0.05) is 6.07 Å². The fourth-order valence-corrected chi connectivity index (χ4v) is 1.67. The summed E-state index contributed by atoms with van der Waals surface area (Å²) in [7, 11) is 0. The lowest BCUT2D eigenvalue weighted by molar-refractivity contribution is -0.141. The molecule has 0 aromatic carbocycles. The smallest absolute Gasteiger partial charge is 0.370 e. The van der Waals surface area contributed by atoms with Crippen LogP contribution in [-0.4, -0.2) is 21.3 Å². The maximum absolute atomic E-state index is 12.4. The highest BCUT2D eigenvalue weighted by molar-refractivity contribution is 5.43. The van der Waals surface area contributed by atoms with Crippen LogP contribution < -0.4 is 5.32 Å². The number of anilines is 1. The quantitative estimate of drug-likeness (QED) is 0.929. The third-order valence-corrected chi connectivity index (χ3v) is 2.50. The van der Waals surface area contributed by atoms with Gasteiger partial charge in [-0.3, -0.25) is 4.68 Å². The molecule has 2 aromatic rings. The van der Waals surface area contributed by atoms with Crippen LogP contribution in [0.3, 0.4) is 0 Å². The molecule has 19 heavy (non-hydrogen) atoms. The van der Waals surface area contributed by atoms with Crippen LogP contribution in [-0.2, 0) is 12.7 Å². The number of halogens is 3. The zero-order valence-corrected chi connectivity index (χ0v) is 10.3. The summed E-state index contributed by atoms with van der Waals surface area (Å²) in [6.45, 7) is 2.86. The fourth-order valence-electron chi connectivity index (χ4n) is 1.67. The Labute approximate surface area is 108 Å². The van der Waals surface area contributed by atoms with Crippen molar-refractivity contribution in [2.24, 2.45) is 0 Å². The first-order valence-electron chi connectivity index (χ1n) is 5.79. The zero-order valence-electron chi connectivity index (χ0n) is 10.3. The van der Waals surface area contributed by atoms with Crippen molar-refractivity contribution < 1.29 is 13.2 Å². The Morgan fingerprint density at radius 3 is 2.74 bits per heavy atom. The van der Waals surface area contributed by atoms with E-state index in [0.29, 0.717) is 12.4 Å². The molecule has 0 unspecified atom stereocenters. The molecule has 0 aliphatic heterocycles. The standard InChI is InChI=1S/C12H13F3N4/c1-2-16-11-9(4-3-6-17-11)8-19-7-5-10(18-19)12(13,14)15/h3-7H,2,8H2,1H3,(H,16,17). The van der Waals surface area contributed by atoms with Crippen LogP contribution in [0.2, 0.25) is 0 Å². The van der Waals surface area contributed by atoms with E-state index in [1.807, 2.05) is 6.92 Å². The lowest BCUT2D eigenvalue weighted by atomic mass is 10.2. The lowest BCUT2D eigenvalue weighted by Crippen LogP contribution is -2.10. The van der Waals surface area contributed by atoms with Crippen LogP contribution >= 0.6 is 0 Å². The molecule has 1 N–H and O–H groups in total. The molecule has 2 heterocycles. The van der Waals surface area contributed by atoms with Crippen LogP contribution in [0.15, 0.2) is 30.6 Å². The van der Waals surface area contributed by atoms with E-state index in [-0.39, 0.29) is 6.54 Å².